The van der Waals surface area contributed by atoms with E-state index in [4.69, 9.17) is 5.73 Å². The van der Waals surface area contributed by atoms with Crippen molar-refractivity contribution in [3.8, 4) is 0 Å². The molecule has 0 unspecified atom stereocenters. The van der Waals surface area contributed by atoms with Gasteiger partial charge in [-0.05, 0) is 36.2 Å². The fourth-order valence-electron chi connectivity index (χ4n) is 2.10. The lowest BCUT2D eigenvalue weighted by molar-refractivity contribution is 0.811. The third-order valence-corrected chi connectivity index (χ3v) is 4.74. The zero-order chi connectivity index (χ0) is 14.7. The van der Waals surface area contributed by atoms with Crippen molar-refractivity contribution in [2.45, 2.75) is 19.5 Å². The van der Waals surface area contributed by atoms with E-state index in [9.17, 15) is 0 Å². The molecular formula is C16H18Br2N2. The molecule has 2 nitrogen and oxygen atoms in total. The van der Waals surface area contributed by atoms with Crippen molar-refractivity contribution in [2.75, 3.05) is 11.9 Å². The van der Waals surface area contributed by atoms with Crippen molar-refractivity contribution in [1.29, 1.82) is 0 Å². The Bertz CT molecular complexity index is 597. The maximum atomic E-state index is 5.93. The molecule has 2 N–H and O–H groups in total. The zero-order valence-electron chi connectivity index (χ0n) is 11.6. The second-order valence-electron chi connectivity index (χ2n) is 4.94. The van der Waals surface area contributed by atoms with Gasteiger partial charge in [-0.25, -0.2) is 0 Å². The average Bonchev–Trinajstić information content (AvgIpc) is 2.40. The van der Waals surface area contributed by atoms with E-state index in [2.05, 4.69) is 80.2 Å². The Morgan fingerprint density at radius 1 is 1.10 bits per heavy atom. The predicted molar refractivity (Wildman–Crippen MR) is 93.0 cm³/mol. The third-order valence-electron chi connectivity index (χ3n) is 3.28. The van der Waals surface area contributed by atoms with Crippen molar-refractivity contribution in [2.24, 2.45) is 5.73 Å². The van der Waals surface area contributed by atoms with E-state index in [-0.39, 0.29) is 6.04 Å². The quantitative estimate of drug-likeness (QED) is 0.797. The molecule has 106 valence electrons. The largest absolute Gasteiger partial charge is 0.370 e. The summed E-state index contributed by atoms with van der Waals surface area (Å²) in [5, 5.41) is 0. The summed E-state index contributed by atoms with van der Waals surface area (Å²) < 4.78 is 2.20. The van der Waals surface area contributed by atoms with Crippen LogP contribution in [-0.4, -0.2) is 7.05 Å². The highest BCUT2D eigenvalue weighted by Gasteiger charge is 2.09. The van der Waals surface area contributed by atoms with Crippen LogP contribution in [0, 0.1) is 0 Å². The standard InChI is InChI=1S/C16H18Br2N2/c1-11(19)14-8-7-13(9-16(14)18)20(2)10-12-5-3-4-6-15(12)17/h3-9,11H,10,19H2,1-2H3/t11-/m1/s1. The van der Waals surface area contributed by atoms with Crippen molar-refractivity contribution < 1.29 is 0 Å². The van der Waals surface area contributed by atoms with Crippen LogP contribution in [0.3, 0.4) is 0 Å². The lowest BCUT2D eigenvalue weighted by Crippen LogP contribution is -2.17. The smallest absolute Gasteiger partial charge is 0.0437 e. The maximum absolute atomic E-state index is 5.93. The first-order chi connectivity index (χ1) is 9.49. The monoisotopic (exact) mass is 396 g/mol. The van der Waals surface area contributed by atoms with Crippen LogP contribution >= 0.6 is 31.9 Å². The van der Waals surface area contributed by atoms with Gasteiger partial charge in [-0.3, -0.25) is 0 Å². The summed E-state index contributed by atoms with van der Waals surface area (Å²) in [6, 6.07) is 14.6. The molecule has 0 bridgehead atoms. The van der Waals surface area contributed by atoms with Gasteiger partial charge in [0.2, 0.25) is 0 Å². The Hall–Kier alpha value is -0.840. The molecule has 0 aliphatic heterocycles. The molecule has 0 saturated carbocycles. The van der Waals surface area contributed by atoms with E-state index in [1.165, 1.54) is 5.56 Å². The molecule has 0 aliphatic carbocycles. The molecule has 0 fully saturated rings. The van der Waals surface area contributed by atoms with Crippen LogP contribution in [0.2, 0.25) is 0 Å². The Morgan fingerprint density at radius 2 is 1.80 bits per heavy atom. The lowest BCUT2D eigenvalue weighted by atomic mass is 10.1. The van der Waals surface area contributed by atoms with E-state index in [0.29, 0.717) is 0 Å². The van der Waals surface area contributed by atoms with Gasteiger partial charge in [0.05, 0.1) is 0 Å². The number of hydrogen-bond donors (Lipinski definition) is 1. The molecule has 0 spiro atoms. The van der Waals surface area contributed by atoms with E-state index in [0.717, 1.165) is 26.7 Å². The fraction of sp³-hybridized carbons (Fsp3) is 0.250. The van der Waals surface area contributed by atoms with Gasteiger partial charge in [0.25, 0.3) is 0 Å². The molecule has 0 aromatic heterocycles. The highest BCUT2D eigenvalue weighted by molar-refractivity contribution is 9.10. The van der Waals surface area contributed by atoms with Gasteiger partial charge in [0.1, 0.15) is 0 Å². The summed E-state index contributed by atoms with van der Waals surface area (Å²) in [6.45, 7) is 2.84. The van der Waals surface area contributed by atoms with Crippen LogP contribution in [0.25, 0.3) is 0 Å². The normalized spacial score (nSPS) is 12.2. The van der Waals surface area contributed by atoms with Crippen molar-refractivity contribution in [1.82, 2.24) is 0 Å². The van der Waals surface area contributed by atoms with Crippen LogP contribution in [0.15, 0.2) is 51.4 Å². The van der Waals surface area contributed by atoms with Gasteiger partial charge in [0.15, 0.2) is 0 Å². The second-order valence-corrected chi connectivity index (χ2v) is 6.65. The Kier molecular flexibility index (Phi) is 5.24. The molecule has 4 heteroatoms. The van der Waals surface area contributed by atoms with Crippen molar-refractivity contribution in [3.05, 3.63) is 62.5 Å². The molecule has 0 amide bonds. The van der Waals surface area contributed by atoms with E-state index in [1.807, 2.05) is 13.0 Å². The van der Waals surface area contributed by atoms with Gasteiger partial charge >= 0.3 is 0 Å². The molecule has 1 atom stereocenters. The SMILES string of the molecule is C[C@@H](N)c1ccc(N(C)Cc2ccccc2Br)cc1Br. The molecule has 0 heterocycles. The highest BCUT2D eigenvalue weighted by Crippen LogP contribution is 2.28. The van der Waals surface area contributed by atoms with Crippen LogP contribution in [0.5, 0.6) is 0 Å². The van der Waals surface area contributed by atoms with Crippen LogP contribution < -0.4 is 10.6 Å². The minimum absolute atomic E-state index is 0.0343. The van der Waals surface area contributed by atoms with E-state index < -0.39 is 0 Å². The molecule has 0 aliphatic rings. The highest BCUT2D eigenvalue weighted by atomic mass is 79.9. The number of nitrogens with zero attached hydrogens (tertiary/aromatic N) is 1. The van der Waals surface area contributed by atoms with Crippen molar-refractivity contribution in [3.63, 3.8) is 0 Å². The third kappa shape index (κ3) is 3.62. The Balaban J connectivity index is 2.20. The summed E-state index contributed by atoms with van der Waals surface area (Å²) >= 11 is 7.19. The minimum Gasteiger partial charge on any atom is -0.370 e. The number of nitrogens with two attached hydrogens (primary N) is 1. The number of anilines is 1. The molecule has 2 rings (SSSR count). The van der Waals surface area contributed by atoms with E-state index in [1.54, 1.807) is 0 Å². The summed E-state index contributed by atoms with van der Waals surface area (Å²) in [6.07, 6.45) is 0. The lowest BCUT2D eigenvalue weighted by Gasteiger charge is -2.21. The number of rotatable bonds is 4. The first-order valence-electron chi connectivity index (χ1n) is 6.48. The zero-order valence-corrected chi connectivity index (χ0v) is 14.8. The van der Waals surface area contributed by atoms with Crippen LogP contribution in [0.4, 0.5) is 5.69 Å². The van der Waals surface area contributed by atoms with E-state index >= 15 is 0 Å². The van der Waals surface area contributed by atoms with Gasteiger partial charge in [0, 0.05) is 34.3 Å². The first-order valence-corrected chi connectivity index (χ1v) is 8.07. The van der Waals surface area contributed by atoms with Crippen molar-refractivity contribution >= 4 is 37.5 Å². The molecule has 0 saturated heterocycles. The number of halogens is 2. The predicted octanol–water partition coefficient (Wildman–Crippen LogP) is 4.87. The van der Waals surface area contributed by atoms with Gasteiger partial charge < -0.3 is 10.6 Å². The second kappa shape index (κ2) is 6.74. The number of hydrogen-bond acceptors (Lipinski definition) is 2. The molecule has 20 heavy (non-hydrogen) atoms. The summed E-state index contributed by atoms with van der Waals surface area (Å²) in [4.78, 5) is 2.22. The Labute approximate surface area is 137 Å². The minimum atomic E-state index is 0.0343. The first kappa shape index (κ1) is 15.5. The van der Waals surface area contributed by atoms with Gasteiger partial charge in [-0.15, -0.1) is 0 Å². The summed E-state index contributed by atoms with van der Waals surface area (Å²) in [5.74, 6) is 0. The summed E-state index contributed by atoms with van der Waals surface area (Å²) in [7, 11) is 2.09. The van der Waals surface area contributed by atoms with Gasteiger partial charge in [-0.1, -0.05) is 56.1 Å². The Morgan fingerprint density at radius 3 is 2.40 bits per heavy atom. The maximum Gasteiger partial charge on any atom is 0.0437 e. The van der Waals surface area contributed by atoms with Crippen LogP contribution in [0.1, 0.15) is 24.1 Å². The fourth-order valence-corrected chi connectivity index (χ4v) is 3.23. The average molecular weight is 398 g/mol. The molecular weight excluding hydrogens is 380 g/mol. The molecule has 2 aromatic rings. The summed E-state index contributed by atoms with van der Waals surface area (Å²) in [5.41, 5.74) is 9.49. The number of benzene rings is 2. The topological polar surface area (TPSA) is 29.3 Å². The van der Waals surface area contributed by atoms with Gasteiger partial charge in [-0.2, -0.15) is 0 Å². The van der Waals surface area contributed by atoms with Crippen LogP contribution in [-0.2, 0) is 6.54 Å². The molecule has 2 aromatic carbocycles. The molecule has 0 radical (unpaired) electrons.